The first-order valence-corrected chi connectivity index (χ1v) is 6.75. The Bertz CT molecular complexity index is 634. The van der Waals surface area contributed by atoms with Crippen LogP contribution in [-0.2, 0) is 4.79 Å². The number of carbonyl (C=O) groups is 2. The molecular weight excluding hydrogens is 323 g/mol. The number of rotatable bonds is 3. The van der Waals surface area contributed by atoms with Crippen LogP contribution >= 0.6 is 23.2 Å². The molecule has 0 spiro atoms. The summed E-state index contributed by atoms with van der Waals surface area (Å²) in [5, 5.41) is 19.7. The first-order valence-electron chi connectivity index (χ1n) is 6.00. The zero-order valence-electron chi connectivity index (χ0n) is 10.6. The number of nitro groups is 1. The van der Waals surface area contributed by atoms with Crippen molar-refractivity contribution in [1.29, 1.82) is 0 Å². The normalized spacial score (nSPS) is 17.8. The molecule has 7 nitrogen and oxygen atoms in total. The topological polar surface area (TPSA) is 101 Å². The van der Waals surface area contributed by atoms with E-state index in [1.807, 2.05) is 0 Å². The fourth-order valence-electron chi connectivity index (χ4n) is 2.26. The van der Waals surface area contributed by atoms with Gasteiger partial charge in [0, 0.05) is 18.7 Å². The van der Waals surface area contributed by atoms with Crippen molar-refractivity contribution >= 4 is 40.8 Å². The Kier molecular flexibility index (Phi) is 4.34. The molecule has 1 heterocycles. The van der Waals surface area contributed by atoms with Crippen molar-refractivity contribution in [3.05, 3.63) is 37.9 Å². The van der Waals surface area contributed by atoms with E-state index in [1.165, 1.54) is 0 Å². The van der Waals surface area contributed by atoms with Gasteiger partial charge in [0.05, 0.1) is 20.5 Å². The number of amides is 1. The lowest BCUT2D eigenvalue weighted by molar-refractivity contribution is -0.384. The number of benzene rings is 1. The molecule has 21 heavy (non-hydrogen) atoms. The predicted molar refractivity (Wildman–Crippen MR) is 74.8 cm³/mol. The third-order valence-corrected chi connectivity index (χ3v) is 4.05. The molecule has 1 aliphatic rings. The van der Waals surface area contributed by atoms with Gasteiger partial charge in [0.1, 0.15) is 6.04 Å². The molecule has 0 unspecified atom stereocenters. The number of nitro benzene ring substituents is 1. The van der Waals surface area contributed by atoms with Gasteiger partial charge in [-0.05, 0) is 12.8 Å². The minimum Gasteiger partial charge on any atom is -0.480 e. The smallest absolute Gasteiger partial charge is 0.326 e. The van der Waals surface area contributed by atoms with Gasteiger partial charge in [-0.1, -0.05) is 23.2 Å². The molecule has 2 rings (SSSR count). The Morgan fingerprint density at radius 3 is 2.62 bits per heavy atom. The number of hydrogen-bond acceptors (Lipinski definition) is 4. The Morgan fingerprint density at radius 2 is 2.05 bits per heavy atom. The Labute approximate surface area is 129 Å². The maximum atomic E-state index is 12.4. The van der Waals surface area contributed by atoms with E-state index in [2.05, 4.69) is 0 Å². The van der Waals surface area contributed by atoms with Crippen LogP contribution in [0.25, 0.3) is 0 Å². The number of carboxylic acid groups (broad SMARTS) is 1. The zero-order valence-corrected chi connectivity index (χ0v) is 12.1. The van der Waals surface area contributed by atoms with Crippen molar-refractivity contribution in [3.63, 3.8) is 0 Å². The molecule has 1 aromatic carbocycles. The van der Waals surface area contributed by atoms with E-state index >= 15 is 0 Å². The molecule has 1 saturated heterocycles. The summed E-state index contributed by atoms with van der Waals surface area (Å²) in [4.78, 5) is 34.8. The third kappa shape index (κ3) is 2.93. The maximum absolute atomic E-state index is 12.4. The van der Waals surface area contributed by atoms with Gasteiger partial charge in [-0.15, -0.1) is 0 Å². The maximum Gasteiger partial charge on any atom is 0.326 e. The number of nitrogens with zero attached hydrogens (tertiary/aromatic N) is 2. The summed E-state index contributed by atoms with van der Waals surface area (Å²) in [7, 11) is 0. The minimum absolute atomic E-state index is 0.122. The van der Waals surface area contributed by atoms with E-state index in [9.17, 15) is 19.7 Å². The van der Waals surface area contributed by atoms with Crippen molar-refractivity contribution in [2.45, 2.75) is 18.9 Å². The predicted octanol–water partition coefficient (Wildman–Crippen LogP) is 2.59. The second kappa shape index (κ2) is 5.87. The minimum atomic E-state index is -1.12. The SMILES string of the molecule is O=C(O)[C@H]1CCCN1C(=O)c1cc([N+](=O)[O-])cc(Cl)c1Cl. The second-order valence-corrected chi connectivity index (χ2v) is 5.33. The molecule has 1 N–H and O–H groups in total. The fourth-order valence-corrected chi connectivity index (χ4v) is 2.66. The Hall–Kier alpha value is -1.86. The van der Waals surface area contributed by atoms with E-state index in [-0.39, 0.29) is 27.8 Å². The number of likely N-dealkylation sites (tertiary alicyclic amines) is 1. The van der Waals surface area contributed by atoms with Crippen LogP contribution in [0.2, 0.25) is 10.0 Å². The summed E-state index contributed by atoms with van der Waals surface area (Å²) >= 11 is 11.7. The fraction of sp³-hybridized carbons (Fsp3) is 0.333. The molecule has 1 amide bonds. The van der Waals surface area contributed by atoms with Crippen molar-refractivity contribution in [2.24, 2.45) is 0 Å². The van der Waals surface area contributed by atoms with Gasteiger partial charge in [-0.3, -0.25) is 14.9 Å². The van der Waals surface area contributed by atoms with Crippen LogP contribution in [0.1, 0.15) is 23.2 Å². The third-order valence-electron chi connectivity index (χ3n) is 3.25. The van der Waals surface area contributed by atoms with Crippen molar-refractivity contribution < 1.29 is 19.6 Å². The largest absolute Gasteiger partial charge is 0.480 e. The zero-order chi connectivity index (χ0) is 15.7. The molecule has 0 aliphatic carbocycles. The molecule has 1 fully saturated rings. The van der Waals surface area contributed by atoms with Gasteiger partial charge in [-0.2, -0.15) is 0 Å². The molecule has 9 heteroatoms. The Balaban J connectivity index is 2.43. The highest BCUT2D eigenvalue weighted by atomic mass is 35.5. The highest BCUT2D eigenvalue weighted by Crippen LogP contribution is 2.33. The summed E-state index contributed by atoms with van der Waals surface area (Å²) in [5.74, 6) is -1.79. The number of non-ortho nitro benzene ring substituents is 1. The van der Waals surface area contributed by atoms with Gasteiger partial charge in [-0.25, -0.2) is 4.79 Å². The standard InChI is InChI=1S/C12H10Cl2N2O5/c13-8-5-6(16(20)21)4-7(10(8)14)11(17)15-3-1-2-9(15)12(18)19/h4-5,9H,1-3H2,(H,18,19)/t9-/m1/s1. The summed E-state index contributed by atoms with van der Waals surface area (Å²) in [6.45, 7) is 0.256. The average molecular weight is 333 g/mol. The summed E-state index contributed by atoms with van der Waals surface area (Å²) in [6, 6.07) is 1.10. The van der Waals surface area contributed by atoms with Gasteiger partial charge in [0.2, 0.25) is 0 Å². The first-order chi connectivity index (χ1) is 9.82. The van der Waals surface area contributed by atoms with E-state index in [1.54, 1.807) is 0 Å². The van der Waals surface area contributed by atoms with E-state index in [4.69, 9.17) is 28.3 Å². The second-order valence-electron chi connectivity index (χ2n) is 4.54. The summed E-state index contributed by atoms with van der Waals surface area (Å²) in [5.41, 5.74) is -0.539. The van der Waals surface area contributed by atoms with Crippen molar-refractivity contribution in [2.75, 3.05) is 6.54 Å². The number of aliphatic carboxylic acids is 1. The van der Waals surface area contributed by atoms with Gasteiger partial charge >= 0.3 is 5.97 Å². The van der Waals surface area contributed by atoms with E-state index in [0.717, 1.165) is 17.0 Å². The first kappa shape index (κ1) is 15.5. The lowest BCUT2D eigenvalue weighted by Crippen LogP contribution is -2.40. The Morgan fingerprint density at radius 1 is 1.38 bits per heavy atom. The lowest BCUT2D eigenvalue weighted by Gasteiger charge is -2.22. The molecule has 0 aromatic heterocycles. The number of hydrogen-bond donors (Lipinski definition) is 1. The highest BCUT2D eigenvalue weighted by molar-refractivity contribution is 6.44. The molecule has 1 aliphatic heterocycles. The van der Waals surface area contributed by atoms with Gasteiger partial charge in [0.25, 0.3) is 11.6 Å². The molecule has 112 valence electrons. The van der Waals surface area contributed by atoms with Crippen LogP contribution in [0, 0.1) is 10.1 Å². The van der Waals surface area contributed by atoms with Crippen LogP contribution in [0.3, 0.4) is 0 Å². The molecule has 1 atom stereocenters. The van der Waals surface area contributed by atoms with Crippen LogP contribution in [0.15, 0.2) is 12.1 Å². The monoisotopic (exact) mass is 332 g/mol. The molecule has 0 bridgehead atoms. The molecule has 0 radical (unpaired) electrons. The number of carbonyl (C=O) groups excluding carboxylic acids is 1. The highest BCUT2D eigenvalue weighted by Gasteiger charge is 2.36. The van der Waals surface area contributed by atoms with Crippen LogP contribution in [0.4, 0.5) is 5.69 Å². The van der Waals surface area contributed by atoms with E-state index < -0.39 is 22.8 Å². The van der Waals surface area contributed by atoms with Crippen molar-refractivity contribution in [3.8, 4) is 0 Å². The van der Waals surface area contributed by atoms with Crippen LogP contribution in [0.5, 0.6) is 0 Å². The van der Waals surface area contributed by atoms with Gasteiger partial charge < -0.3 is 10.0 Å². The molecular formula is C12H10Cl2N2O5. The number of carboxylic acids is 1. The summed E-state index contributed by atoms with van der Waals surface area (Å²) < 4.78 is 0. The van der Waals surface area contributed by atoms with E-state index in [0.29, 0.717) is 12.8 Å². The number of halogens is 2. The van der Waals surface area contributed by atoms with Gasteiger partial charge in [0.15, 0.2) is 0 Å². The van der Waals surface area contributed by atoms with Crippen molar-refractivity contribution in [1.82, 2.24) is 4.90 Å². The van der Waals surface area contributed by atoms with Crippen LogP contribution in [-0.4, -0.2) is 39.4 Å². The van der Waals surface area contributed by atoms with Crippen LogP contribution < -0.4 is 0 Å². The average Bonchev–Trinajstić information content (AvgIpc) is 2.90. The quantitative estimate of drug-likeness (QED) is 0.677. The summed E-state index contributed by atoms with van der Waals surface area (Å²) in [6.07, 6.45) is 0.879. The molecule has 1 aromatic rings. The molecule has 0 saturated carbocycles. The lowest BCUT2D eigenvalue weighted by atomic mass is 10.1.